The van der Waals surface area contributed by atoms with Gasteiger partial charge in [-0.15, -0.1) is 6.58 Å². The van der Waals surface area contributed by atoms with E-state index < -0.39 is 29.6 Å². The fourth-order valence-electron chi connectivity index (χ4n) is 2.01. The fraction of sp³-hybridized carbons (Fsp3) is 0.133. The van der Waals surface area contributed by atoms with Crippen molar-refractivity contribution in [2.24, 2.45) is 5.92 Å². The lowest BCUT2D eigenvalue weighted by Crippen LogP contribution is -2.58. The third-order valence-electron chi connectivity index (χ3n) is 3.06. The Morgan fingerprint density at radius 3 is 2.55 bits per heavy atom. The van der Waals surface area contributed by atoms with Gasteiger partial charge in [0.05, 0.1) is 0 Å². The molecule has 114 valence electrons. The van der Waals surface area contributed by atoms with Crippen LogP contribution in [-0.2, 0) is 9.59 Å². The normalized spacial score (nSPS) is 18.0. The van der Waals surface area contributed by atoms with E-state index in [0.717, 1.165) is 4.90 Å². The molecule has 0 aliphatic carbocycles. The minimum absolute atomic E-state index is 0.0156. The van der Waals surface area contributed by atoms with Gasteiger partial charge in [-0.1, -0.05) is 12.7 Å². The van der Waals surface area contributed by atoms with Crippen LogP contribution in [0, 0.1) is 11.7 Å². The molecule has 1 aromatic rings. The van der Waals surface area contributed by atoms with Gasteiger partial charge in [0.1, 0.15) is 5.82 Å². The van der Waals surface area contributed by atoms with Crippen molar-refractivity contribution in [3.05, 3.63) is 55.0 Å². The van der Waals surface area contributed by atoms with Gasteiger partial charge in [-0.05, 0) is 24.3 Å². The number of anilines is 1. The Hall–Kier alpha value is -2.96. The number of benzene rings is 1. The molecule has 0 saturated carbocycles. The topological polar surface area (TPSA) is 78.5 Å². The van der Waals surface area contributed by atoms with E-state index in [2.05, 4.69) is 23.8 Å². The van der Waals surface area contributed by atoms with E-state index in [9.17, 15) is 18.8 Å². The summed E-state index contributed by atoms with van der Waals surface area (Å²) in [7, 11) is 0. The molecule has 0 aromatic heterocycles. The van der Waals surface area contributed by atoms with Crippen LogP contribution in [0.3, 0.4) is 0 Å². The number of barbiturate groups is 1. The minimum atomic E-state index is -1.25. The Bertz CT molecular complexity index is 655. The highest BCUT2D eigenvalue weighted by Gasteiger charge is 2.41. The number of hydrogen-bond acceptors (Lipinski definition) is 4. The van der Waals surface area contributed by atoms with E-state index >= 15 is 0 Å². The van der Waals surface area contributed by atoms with Crippen LogP contribution in [0.5, 0.6) is 0 Å². The van der Waals surface area contributed by atoms with Crippen LogP contribution in [0.1, 0.15) is 0 Å². The van der Waals surface area contributed by atoms with E-state index in [1.807, 2.05) is 0 Å². The summed E-state index contributed by atoms with van der Waals surface area (Å²) in [5.41, 5.74) is 0.565. The first-order valence-electron chi connectivity index (χ1n) is 6.42. The molecule has 1 aliphatic heterocycles. The zero-order chi connectivity index (χ0) is 16.3. The van der Waals surface area contributed by atoms with Gasteiger partial charge in [0.15, 0.2) is 5.92 Å². The molecule has 0 spiro atoms. The number of amides is 4. The Labute approximate surface area is 126 Å². The van der Waals surface area contributed by atoms with Crippen molar-refractivity contribution in [2.45, 2.75) is 0 Å². The maximum absolute atomic E-state index is 12.9. The molecule has 4 amide bonds. The van der Waals surface area contributed by atoms with Gasteiger partial charge in [0.2, 0.25) is 11.8 Å². The van der Waals surface area contributed by atoms with Crippen LogP contribution in [0.25, 0.3) is 0 Å². The van der Waals surface area contributed by atoms with Crippen LogP contribution in [0.2, 0.25) is 0 Å². The zero-order valence-corrected chi connectivity index (χ0v) is 11.6. The number of halogens is 1. The largest absolute Gasteiger partial charge is 0.358 e. The first-order valence-corrected chi connectivity index (χ1v) is 6.42. The van der Waals surface area contributed by atoms with Crippen LogP contribution >= 0.6 is 0 Å². The van der Waals surface area contributed by atoms with Crippen molar-refractivity contribution >= 4 is 23.5 Å². The molecule has 0 radical (unpaired) electrons. The fourth-order valence-corrected chi connectivity index (χ4v) is 2.01. The third-order valence-corrected chi connectivity index (χ3v) is 3.06. The summed E-state index contributed by atoms with van der Waals surface area (Å²) in [6.07, 6.45) is 1.38. The lowest BCUT2D eigenvalue weighted by Gasteiger charge is -2.30. The second-order valence-electron chi connectivity index (χ2n) is 4.62. The summed E-state index contributed by atoms with van der Waals surface area (Å²) in [5, 5.41) is 4.86. The Kier molecular flexibility index (Phi) is 4.36. The smallest absolute Gasteiger partial charge is 0.331 e. The number of rotatable bonds is 5. The van der Waals surface area contributed by atoms with Gasteiger partial charge in [-0.25, -0.2) is 9.18 Å². The number of urea groups is 1. The summed E-state index contributed by atoms with van der Waals surface area (Å²) >= 11 is 0. The van der Waals surface area contributed by atoms with Crippen molar-refractivity contribution in [2.75, 3.05) is 11.9 Å². The number of nitrogens with one attached hydrogen (secondary N) is 2. The number of carbonyl (C=O) groups is 3. The van der Waals surface area contributed by atoms with Crippen molar-refractivity contribution < 1.29 is 18.8 Å². The summed E-state index contributed by atoms with van der Waals surface area (Å²) in [6, 6.07) is 4.55. The SMILES string of the molecule is C=CCN1C(=O)NC(=O)[C@@H](C(=C)Nc2ccc(F)cc2)C1=O. The van der Waals surface area contributed by atoms with Crippen LogP contribution in [0.15, 0.2) is 49.2 Å². The summed E-state index contributed by atoms with van der Waals surface area (Å²) in [6.45, 7) is 7.11. The summed E-state index contributed by atoms with van der Waals surface area (Å²) in [4.78, 5) is 36.6. The molecule has 22 heavy (non-hydrogen) atoms. The van der Waals surface area contributed by atoms with Gasteiger partial charge in [0.25, 0.3) is 0 Å². The predicted octanol–water partition coefficient (Wildman–Crippen LogP) is 1.63. The first-order chi connectivity index (χ1) is 10.4. The van der Waals surface area contributed by atoms with Gasteiger partial charge in [-0.3, -0.25) is 19.8 Å². The van der Waals surface area contributed by atoms with Crippen molar-refractivity contribution in [3.63, 3.8) is 0 Å². The maximum atomic E-state index is 12.9. The Balaban J connectivity index is 2.18. The Morgan fingerprint density at radius 1 is 1.32 bits per heavy atom. The van der Waals surface area contributed by atoms with E-state index in [0.29, 0.717) is 5.69 Å². The lowest BCUT2D eigenvalue weighted by atomic mass is 10.0. The van der Waals surface area contributed by atoms with E-state index in [1.54, 1.807) is 0 Å². The molecule has 1 aliphatic rings. The molecule has 1 saturated heterocycles. The minimum Gasteiger partial charge on any atom is -0.358 e. The number of hydrogen-bond donors (Lipinski definition) is 2. The molecule has 1 aromatic carbocycles. The quantitative estimate of drug-likeness (QED) is 0.640. The first kappa shape index (κ1) is 15.4. The molecule has 2 rings (SSSR count). The number of nitrogens with zero attached hydrogens (tertiary/aromatic N) is 1. The summed E-state index contributed by atoms with van der Waals surface area (Å²) in [5.74, 6) is -3.10. The maximum Gasteiger partial charge on any atom is 0.331 e. The highest BCUT2D eigenvalue weighted by atomic mass is 19.1. The number of carbonyl (C=O) groups excluding carboxylic acids is 3. The van der Waals surface area contributed by atoms with Gasteiger partial charge in [-0.2, -0.15) is 0 Å². The van der Waals surface area contributed by atoms with Gasteiger partial charge < -0.3 is 5.32 Å². The van der Waals surface area contributed by atoms with Crippen LogP contribution in [-0.4, -0.2) is 29.3 Å². The molecular weight excluding hydrogens is 289 g/mol. The second-order valence-corrected chi connectivity index (χ2v) is 4.62. The van der Waals surface area contributed by atoms with Crippen molar-refractivity contribution in [3.8, 4) is 0 Å². The van der Waals surface area contributed by atoms with E-state index in [-0.39, 0.29) is 12.2 Å². The number of imide groups is 2. The highest BCUT2D eigenvalue weighted by Crippen LogP contribution is 2.20. The van der Waals surface area contributed by atoms with Crippen molar-refractivity contribution in [1.29, 1.82) is 0 Å². The zero-order valence-electron chi connectivity index (χ0n) is 11.6. The van der Waals surface area contributed by atoms with Gasteiger partial charge in [0, 0.05) is 17.9 Å². The average molecular weight is 303 g/mol. The monoisotopic (exact) mass is 303 g/mol. The average Bonchev–Trinajstić information content (AvgIpc) is 2.45. The molecule has 1 fully saturated rings. The molecule has 1 heterocycles. The molecule has 7 heteroatoms. The molecule has 2 N–H and O–H groups in total. The lowest BCUT2D eigenvalue weighted by molar-refractivity contribution is -0.140. The molecule has 0 unspecified atom stereocenters. The van der Waals surface area contributed by atoms with Gasteiger partial charge >= 0.3 is 6.03 Å². The Morgan fingerprint density at radius 2 is 1.95 bits per heavy atom. The highest BCUT2D eigenvalue weighted by molar-refractivity contribution is 6.18. The van der Waals surface area contributed by atoms with E-state index in [4.69, 9.17) is 0 Å². The molecule has 1 atom stereocenters. The molecular formula is C15H14FN3O3. The molecule has 6 nitrogen and oxygen atoms in total. The third kappa shape index (κ3) is 3.03. The van der Waals surface area contributed by atoms with Crippen LogP contribution in [0.4, 0.5) is 14.9 Å². The predicted molar refractivity (Wildman–Crippen MR) is 78.1 cm³/mol. The standard InChI is InChI=1S/C15H14FN3O3/c1-3-8-19-14(21)12(13(20)18-15(19)22)9(2)17-11-6-4-10(16)5-7-11/h3-7,12,17H,1-2,8H2,(H,18,20,22)/t12-/m1/s1. The second kappa shape index (κ2) is 6.21. The van der Waals surface area contributed by atoms with Crippen molar-refractivity contribution in [1.82, 2.24) is 10.2 Å². The summed E-state index contributed by atoms with van der Waals surface area (Å²) < 4.78 is 12.9. The molecule has 0 bridgehead atoms. The van der Waals surface area contributed by atoms with Crippen LogP contribution < -0.4 is 10.6 Å². The van der Waals surface area contributed by atoms with E-state index in [1.165, 1.54) is 30.3 Å².